The molecule has 498 valence electrons. The number of rotatable bonds is 64. The average Bonchev–Trinajstić information content (AvgIpc) is 3.17. The molecule has 0 aromatic heterocycles. The second kappa shape index (κ2) is 63.2. The average molecular weight is 1200 g/mol. The molecule has 0 aromatic carbocycles. The molecule has 0 aromatic rings. The summed E-state index contributed by atoms with van der Waals surface area (Å²) in [6.07, 6.45) is 72.9. The van der Waals surface area contributed by atoms with E-state index in [2.05, 4.69) is 55.6 Å². The summed E-state index contributed by atoms with van der Waals surface area (Å²) in [5.74, 6) is -0.180. The number of hydrogen-bond donors (Lipinski definition) is 6. The molecular formula is C74H137NO10. The van der Waals surface area contributed by atoms with E-state index in [1.54, 1.807) is 6.08 Å². The first kappa shape index (κ1) is 80.6. The number of allylic oxidation sites excluding steroid dienone is 7. The first-order chi connectivity index (χ1) is 41.7. The Morgan fingerprint density at radius 3 is 1.26 bits per heavy atom. The van der Waals surface area contributed by atoms with Crippen molar-refractivity contribution in [1.82, 2.24) is 5.32 Å². The van der Waals surface area contributed by atoms with Crippen molar-refractivity contribution in [1.29, 1.82) is 0 Å². The molecule has 0 aliphatic carbocycles. The van der Waals surface area contributed by atoms with Gasteiger partial charge in [0.15, 0.2) is 6.29 Å². The van der Waals surface area contributed by atoms with Crippen LogP contribution < -0.4 is 5.32 Å². The number of ether oxygens (including phenoxy) is 3. The van der Waals surface area contributed by atoms with E-state index < -0.39 is 49.5 Å². The summed E-state index contributed by atoms with van der Waals surface area (Å²) in [4.78, 5) is 25.1. The van der Waals surface area contributed by atoms with Gasteiger partial charge in [-0.25, -0.2) is 0 Å². The smallest absolute Gasteiger partial charge is 0.305 e. The monoisotopic (exact) mass is 1200 g/mol. The van der Waals surface area contributed by atoms with Gasteiger partial charge in [0.25, 0.3) is 0 Å². The van der Waals surface area contributed by atoms with Crippen molar-refractivity contribution in [3.8, 4) is 0 Å². The molecular weight excluding hydrogens is 1060 g/mol. The van der Waals surface area contributed by atoms with Crippen LogP contribution in [0.15, 0.2) is 48.6 Å². The van der Waals surface area contributed by atoms with Crippen molar-refractivity contribution in [3.63, 3.8) is 0 Å². The van der Waals surface area contributed by atoms with Gasteiger partial charge in [-0.05, 0) is 77.0 Å². The lowest BCUT2D eigenvalue weighted by Crippen LogP contribution is -2.60. The second-order valence-electron chi connectivity index (χ2n) is 25.3. The number of hydrogen-bond acceptors (Lipinski definition) is 10. The van der Waals surface area contributed by atoms with Crippen LogP contribution in [-0.2, 0) is 23.8 Å². The molecule has 1 fully saturated rings. The standard InChI is InChI=1S/C74H137NO10/c1-3-5-7-9-11-13-14-38-42-46-50-54-58-62-70(79)83-63-59-55-51-47-43-40-37-35-33-31-29-27-25-23-21-19-17-15-16-18-20-22-24-26-28-30-32-34-36-39-41-45-49-53-57-61-69(78)75-66(67(77)60-56-52-48-44-12-10-8-6-4-2)65-84-74-73(82)72(81)71(80)68(64-76)85-74/h12,17,19,23,25,44,56,60,66-68,71-74,76-77,80-82H,3-11,13-16,18,20-22,24,26-43,45-55,57-59,61-65H2,1-2H3,(H,75,78)/b19-17-,25-23-,44-12+,60-56+. The Morgan fingerprint density at radius 1 is 0.435 bits per heavy atom. The van der Waals surface area contributed by atoms with Crippen molar-refractivity contribution >= 4 is 11.9 Å². The van der Waals surface area contributed by atoms with Gasteiger partial charge in [0.05, 0.1) is 32.0 Å². The molecule has 85 heavy (non-hydrogen) atoms. The van der Waals surface area contributed by atoms with Crippen LogP contribution in [0.2, 0.25) is 0 Å². The lowest BCUT2D eigenvalue weighted by molar-refractivity contribution is -0.302. The number of aliphatic hydroxyl groups excluding tert-OH is 5. The molecule has 7 atom stereocenters. The zero-order valence-electron chi connectivity index (χ0n) is 55.3. The minimum atomic E-state index is -1.57. The number of carbonyl (C=O) groups excluding carboxylic acids is 2. The van der Waals surface area contributed by atoms with Gasteiger partial charge in [0.1, 0.15) is 24.4 Å². The van der Waals surface area contributed by atoms with Crippen LogP contribution in [0.3, 0.4) is 0 Å². The fourth-order valence-corrected chi connectivity index (χ4v) is 11.4. The molecule has 11 heteroatoms. The summed E-state index contributed by atoms with van der Waals surface area (Å²) in [7, 11) is 0. The van der Waals surface area contributed by atoms with E-state index in [1.807, 2.05) is 6.08 Å². The lowest BCUT2D eigenvalue weighted by Gasteiger charge is -2.40. The summed E-state index contributed by atoms with van der Waals surface area (Å²) in [6, 6.07) is -0.825. The summed E-state index contributed by atoms with van der Waals surface area (Å²) >= 11 is 0. The molecule has 1 saturated heterocycles. The second-order valence-corrected chi connectivity index (χ2v) is 25.3. The van der Waals surface area contributed by atoms with E-state index in [4.69, 9.17) is 14.2 Å². The Balaban J connectivity index is 1.90. The number of carbonyl (C=O) groups is 2. The summed E-state index contributed by atoms with van der Waals surface area (Å²) in [5.41, 5.74) is 0. The van der Waals surface area contributed by atoms with Crippen LogP contribution in [-0.4, -0.2) is 100 Å². The van der Waals surface area contributed by atoms with Gasteiger partial charge < -0.3 is 45.1 Å². The van der Waals surface area contributed by atoms with Crippen LogP contribution in [0.1, 0.15) is 348 Å². The Labute approximate surface area is 523 Å². The normalized spacial score (nSPS) is 18.2. The Hall–Kier alpha value is -2.38. The van der Waals surface area contributed by atoms with Gasteiger partial charge in [-0.3, -0.25) is 9.59 Å². The van der Waals surface area contributed by atoms with E-state index >= 15 is 0 Å². The van der Waals surface area contributed by atoms with E-state index in [0.717, 1.165) is 57.8 Å². The minimum absolute atomic E-state index is 0.0115. The van der Waals surface area contributed by atoms with Crippen molar-refractivity contribution in [2.75, 3.05) is 19.8 Å². The van der Waals surface area contributed by atoms with Crippen LogP contribution in [0.25, 0.3) is 0 Å². The SMILES string of the molecule is CCCCC/C=C/CC/C=C/C(O)C(COC1OC(CO)C(O)C(O)C1O)NC(=O)CCCCCCCCCCCCCCCCCCC/C=C\C/C=C\CCCCCCCCCCCCCOC(=O)CCCCCCCCCCCCCCC. The molecule has 1 rings (SSSR count). The zero-order valence-corrected chi connectivity index (χ0v) is 55.3. The third-order valence-electron chi connectivity index (χ3n) is 17.2. The van der Waals surface area contributed by atoms with Crippen LogP contribution in [0.5, 0.6) is 0 Å². The fraction of sp³-hybridized carbons (Fsp3) is 0.865. The van der Waals surface area contributed by atoms with E-state index in [9.17, 15) is 35.1 Å². The molecule has 1 amide bonds. The van der Waals surface area contributed by atoms with Gasteiger partial charge in [0.2, 0.25) is 5.91 Å². The number of aliphatic hydroxyl groups is 5. The molecule has 1 heterocycles. The highest BCUT2D eigenvalue weighted by Crippen LogP contribution is 2.23. The fourth-order valence-electron chi connectivity index (χ4n) is 11.4. The van der Waals surface area contributed by atoms with E-state index in [1.165, 1.54) is 263 Å². The van der Waals surface area contributed by atoms with Gasteiger partial charge >= 0.3 is 5.97 Å². The van der Waals surface area contributed by atoms with Crippen LogP contribution in [0, 0.1) is 0 Å². The molecule has 1 aliphatic rings. The quantitative estimate of drug-likeness (QED) is 0.0195. The Kier molecular flexibility index (Phi) is 60.0. The van der Waals surface area contributed by atoms with E-state index in [0.29, 0.717) is 19.4 Å². The Bertz CT molecular complexity index is 1550. The maximum absolute atomic E-state index is 13.0. The number of unbranched alkanes of at least 4 members (excludes halogenated alkanes) is 44. The first-order valence-electron chi connectivity index (χ1n) is 36.4. The van der Waals surface area contributed by atoms with E-state index in [-0.39, 0.29) is 18.5 Å². The van der Waals surface area contributed by atoms with Crippen LogP contribution in [0.4, 0.5) is 0 Å². The van der Waals surface area contributed by atoms with Gasteiger partial charge in [-0.1, -0.05) is 306 Å². The molecule has 0 radical (unpaired) electrons. The predicted molar refractivity (Wildman–Crippen MR) is 357 cm³/mol. The Morgan fingerprint density at radius 2 is 0.800 bits per heavy atom. The molecule has 6 N–H and O–H groups in total. The third kappa shape index (κ3) is 52.1. The summed E-state index contributed by atoms with van der Waals surface area (Å²) in [6.45, 7) is 4.31. The van der Waals surface area contributed by atoms with Gasteiger partial charge in [-0.15, -0.1) is 0 Å². The predicted octanol–water partition coefficient (Wildman–Crippen LogP) is 18.7. The van der Waals surface area contributed by atoms with Crippen molar-refractivity contribution < 1.29 is 49.3 Å². The van der Waals surface area contributed by atoms with Crippen LogP contribution >= 0.6 is 0 Å². The van der Waals surface area contributed by atoms with Crippen molar-refractivity contribution in [2.24, 2.45) is 0 Å². The molecule has 0 bridgehead atoms. The minimum Gasteiger partial charge on any atom is -0.466 e. The topological polar surface area (TPSA) is 175 Å². The van der Waals surface area contributed by atoms with Crippen molar-refractivity contribution in [3.05, 3.63) is 48.6 Å². The number of nitrogens with one attached hydrogen (secondary N) is 1. The third-order valence-corrected chi connectivity index (χ3v) is 17.2. The lowest BCUT2D eigenvalue weighted by atomic mass is 9.99. The zero-order chi connectivity index (χ0) is 61.6. The molecule has 11 nitrogen and oxygen atoms in total. The highest BCUT2D eigenvalue weighted by molar-refractivity contribution is 5.76. The molecule has 0 spiro atoms. The van der Waals surface area contributed by atoms with Crippen molar-refractivity contribution in [2.45, 2.75) is 391 Å². The van der Waals surface area contributed by atoms with Gasteiger partial charge in [0, 0.05) is 12.8 Å². The maximum atomic E-state index is 13.0. The summed E-state index contributed by atoms with van der Waals surface area (Å²) < 4.78 is 16.7. The number of esters is 1. The highest BCUT2D eigenvalue weighted by atomic mass is 16.7. The maximum Gasteiger partial charge on any atom is 0.305 e. The molecule has 7 unspecified atom stereocenters. The largest absolute Gasteiger partial charge is 0.466 e. The summed E-state index contributed by atoms with van der Waals surface area (Å²) in [5, 5.41) is 54.3. The van der Waals surface area contributed by atoms with Gasteiger partial charge in [-0.2, -0.15) is 0 Å². The molecule has 1 aliphatic heterocycles. The first-order valence-corrected chi connectivity index (χ1v) is 36.4. The number of amides is 1. The highest BCUT2D eigenvalue weighted by Gasteiger charge is 2.44. The molecule has 0 saturated carbocycles.